The fourth-order valence-corrected chi connectivity index (χ4v) is 2.24. The summed E-state index contributed by atoms with van der Waals surface area (Å²) in [6, 6.07) is 9.60. The zero-order valence-electron chi connectivity index (χ0n) is 15.5. The summed E-state index contributed by atoms with van der Waals surface area (Å²) >= 11 is 0. The van der Waals surface area contributed by atoms with Crippen LogP contribution < -0.4 is 15.4 Å². The summed E-state index contributed by atoms with van der Waals surface area (Å²) in [4.78, 5) is 5.71. The van der Waals surface area contributed by atoms with Crippen LogP contribution in [-0.4, -0.2) is 63.4 Å². The Morgan fingerprint density at radius 2 is 1.88 bits per heavy atom. The maximum atomic E-state index is 12.3. The topological polar surface area (TPSA) is 48.9 Å². The van der Waals surface area contributed by atoms with Gasteiger partial charge in [-0.1, -0.05) is 18.2 Å². The first-order valence-corrected chi connectivity index (χ1v) is 8.86. The highest BCUT2D eigenvalue weighted by atomic mass is 19.4. The van der Waals surface area contributed by atoms with Gasteiger partial charge in [-0.15, -0.1) is 0 Å². The van der Waals surface area contributed by atoms with E-state index >= 15 is 0 Å². The number of rotatable bonds is 11. The van der Waals surface area contributed by atoms with Crippen molar-refractivity contribution in [3.8, 4) is 5.75 Å². The molecule has 0 unspecified atom stereocenters. The van der Waals surface area contributed by atoms with Crippen molar-refractivity contribution in [2.24, 2.45) is 4.99 Å². The standard InChI is InChI=1S/C18H29F3N4O/c1-3-22-17(23-11-7-13-25(2)15-18(19,20)21)24-12-8-14-26-16-9-5-4-6-10-16/h4-6,9-10H,3,7-8,11-15H2,1-2H3,(H2,22,23,24). The van der Waals surface area contributed by atoms with E-state index in [1.165, 1.54) is 11.9 Å². The van der Waals surface area contributed by atoms with Crippen LogP contribution >= 0.6 is 0 Å². The zero-order valence-corrected chi connectivity index (χ0v) is 15.5. The molecule has 1 aromatic rings. The molecule has 1 rings (SSSR count). The largest absolute Gasteiger partial charge is 0.494 e. The molecule has 5 nitrogen and oxygen atoms in total. The van der Waals surface area contributed by atoms with Gasteiger partial charge >= 0.3 is 6.18 Å². The SMILES string of the molecule is CCNC(=NCCCOc1ccccc1)NCCCN(C)CC(F)(F)F. The van der Waals surface area contributed by atoms with E-state index in [4.69, 9.17) is 4.74 Å². The van der Waals surface area contributed by atoms with E-state index in [1.54, 1.807) is 0 Å². The first-order chi connectivity index (χ1) is 12.4. The smallest absolute Gasteiger partial charge is 0.401 e. The molecule has 148 valence electrons. The maximum absolute atomic E-state index is 12.3. The Bertz CT molecular complexity index is 509. The summed E-state index contributed by atoms with van der Waals surface area (Å²) in [5, 5.41) is 6.26. The molecule has 0 spiro atoms. The number of nitrogens with zero attached hydrogens (tertiary/aromatic N) is 2. The molecule has 0 atom stereocenters. The Labute approximate surface area is 153 Å². The second-order valence-corrected chi connectivity index (χ2v) is 5.91. The second kappa shape index (κ2) is 12.4. The summed E-state index contributed by atoms with van der Waals surface area (Å²) in [6.45, 7) is 3.92. The summed E-state index contributed by atoms with van der Waals surface area (Å²) < 4.78 is 42.4. The number of benzene rings is 1. The van der Waals surface area contributed by atoms with Crippen LogP contribution in [0.15, 0.2) is 35.3 Å². The van der Waals surface area contributed by atoms with Crippen molar-refractivity contribution in [3.63, 3.8) is 0 Å². The van der Waals surface area contributed by atoms with Gasteiger partial charge in [0.25, 0.3) is 0 Å². The zero-order chi connectivity index (χ0) is 19.3. The molecule has 0 radical (unpaired) electrons. The number of guanidine groups is 1. The molecule has 0 saturated heterocycles. The molecule has 0 heterocycles. The van der Waals surface area contributed by atoms with Gasteiger partial charge in [-0.2, -0.15) is 13.2 Å². The average Bonchev–Trinajstić information content (AvgIpc) is 2.57. The minimum absolute atomic E-state index is 0.372. The normalized spacial score (nSPS) is 12.3. The number of aliphatic imine (C=N–C) groups is 1. The Morgan fingerprint density at radius 1 is 1.15 bits per heavy atom. The first-order valence-electron chi connectivity index (χ1n) is 8.86. The lowest BCUT2D eigenvalue weighted by Gasteiger charge is -2.18. The molecule has 0 aliphatic heterocycles. The van der Waals surface area contributed by atoms with E-state index in [0.717, 1.165) is 18.7 Å². The fraction of sp³-hybridized carbons (Fsp3) is 0.611. The monoisotopic (exact) mass is 374 g/mol. The van der Waals surface area contributed by atoms with Gasteiger partial charge in [0.05, 0.1) is 13.2 Å². The summed E-state index contributed by atoms with van der Waals surface area (Å²) in [5.41, 5.74) is 0. The fourth-order valence-electron chi connectivity index (χ4n) is 2.24. The van der Waals surface area contributed by atoms with Gasteiger partial charge in [-0.05, 0) is 39.1 Å². The summed E-state index contributed by atoms with van der Waals surface area (Å²) in [7, 11) is 1.47. The minimum atomic E-state index is -4.15. The first kappa shape index (κ1) is 22.1. The van der Waals surface area contributed by atoms with Crippen molar-refractivity contribution in [1.29, 1.82) is 0 Å². The van der Waals surface area contributed by atoms with Crippen LogP contribution in [0.4, 0.5) is 13.2 Å². The number of hydrogen-bond acceptors (Lipinski definition) is 3. The van der Waals surface area contributed by atoms with Crippen molar-refractivity contribution >= 4 is 5.96 Å². The quantitative estimate of drug-likeness (QED) is 0.355. The highest BCUT2D eigenvalue weighted by Gasteiger charge is 2.28. The third-order valence-corrected chi connectivity index (χ3v) is 3.39. The van der Waals surface area contributed by atoms with E-state index in [0.29, 0.717) is 38.6 Å². The molecule has 0 aliphatic carbocycles. The Hall–Kier alpha value is -1.96. The van der Waals surface area contributed by atoms with Crippen LogP contribution in [0.5, 0.6) is 5.75 Å². The lowest BCUT2D eigenvalue weighted by atomic mass is 10.3. The van der Waals surface area contributed by atoms with Crippen LogP contribution in [0.3, 0.4) is 0 Å². The van der Waals surface area contributed by atoms with Gasteiger partial charge in [-0.3, -0.25) is 9.89 Å². The van der Waals surface area contributed by atoms with Gasteiger partial charge in [0.2, 0.25) is 0 Å². The lowest BCUT2D eigenvalue weighted by molar-refractivity contribution is -0.143. The van der Waals surface area contributed by atoms with Crippen LogP contribution in [0.25, 0.3) is 0 Å². The van der Waals surface area contributed by atoms with Crippen molar-refractivity contribution < 1.29 is 17.9 Å². The van der Waals surface area contributed by atoms with Gasteiger partial charge in [0.15, 0.2) is 5.96 Å². The van der Waals surface area contributed by atoms with Crippen molar-refractivity contribution in [1.82, 2.24) is 15.5 Å². The Balaban J connectivity index is 2.20. The minimum Gasteiger partial charge on any atom is -0.494 e. The molecule has 0 aliphatic rings. The molecule has 26 heavy (non-hydrogen) atoms. The van der Waals surface area contributed by atoms with Crippen molar-refractivity contribution in [3.05, 3.63) is 30.3 Å². The molecule has 0 bridgehead atoms. The highest BCUT2D eigenvalue weighted by Crippen LogP contribution is 2.15. The van der Waals surface area contributed by atoms with Gasteiger partial charge in [0.1, 0.15) is 5.75 Å². The van der Waals surface area contributed by atoms with Gasteiger partial charge in [-0.25, -0.2) is 0 Å². The number of halogens is 3. The van der Waals surface area contributed by atoms with E-state index in [1.807, 2.05) is 37.3 Å². The third kappa shape index (κ3) is 11.6. The van der Waals surface area contributed by atoms with E-state index in [2.05, 4.69) is 15.6 Å². The highest BCUT2D eigenvalue weighted by molar-refractivity contribution is 5.79. The molecule has 0 fully saturated rings. The van der Waals surface area contributed by atoms with Gasteiger partial charge < -0.3 is 15.4 Å². The van der Waals surface area contributed by atoms with Crippen molar-refractivity contribution in [2.45, 2.75) is 25.9 Å². The van der Waals surface area contributed by atoms with Crippen molar-refractivity contribution in [2.75, 3.05) is 46.4 Å². The number of hydrogen-bond donors (Lipinski definition) is 2. The van der Waals surface area contributed by atoms with Crippen LogP contribution in [0.1, 0.15) is 19.8 Å². The predicted molar refractivity (Wildman–Crippen MR) is 98.7 cm³/mol. The molecule has 0 saturated carbocycles. The molecule has 0 amide bonds. The number of para-hydroxylation sites is 1. The van der Waals surface area contributed by atoms with Gasteiger partial charge in [0, 0.05) is 26.1 Å². The Morgan fingerprint density at radius 3 is 2.54 bits per heavy atom. The summed E-state index contributed by atoms with van der Waals surface area (Å²) in [5.74, 6) is 1.51. The third-order valence-electron chi connectivity index (χ3n) is 3.39. The predicted octanol–water partition coefficient (Wildman–Crippen LogP) is 2.89. The molecule has 8 heteroatoms. The molecule has 2 N–H and O–H groups in total. The van der Waals surface area contributed by atoms with E-state index in [9.17, 15) is 13.2 Å². The summed E-state index contributed by atoms with van der Waals surface area (Å²) in [6.07, 6.45) is -2.77. The van der Waals surface area contributed by atoms with Crippen LogP contribution in [0, 0.1) is 0 Å². The number of nitrogens with one attached hydrogen (secondary N) is 2. The van der Waals surface area contributed by atoms with Crippen LogP contribution in [-0.2, 0) is 0 Å². The molecular weight excluding hydrogens is 345 g/mol. The average molecular weight is 374 g/mol. The molecule has 0 aromatic heterocycles. The second-order valence-electron chi connectivity index (χ2n) is 5.91. The van der Waals surface area contributed by atoms with E-state index in [-0.39, 0.29) is 0 Å². The number of ether oxygens (including phenoxy) is 1. The number of alkyl halides is 3. The lowest BCUT2D eigenvalue weighted by Crippen LogP contribution is -2.39. The van der Waals surface area contributed by atoms with Crippen LogP contribution in [0.2, 0.25) is 0 Å². The maximum Gasteiger partial charge on any atom is 0.401 e. The molecular formula is C18H29F3N4O. The van der Waals surface area contributed by atoms with E-state index < -0.39 is 12.7 Å². The Kier molecular flexibility index (Phi) is 10.5. The molecule has 1 aromatic carbocycles.